The molecule has 1 aromatic rings. The third kappa shape index (κ3) is 7.02. The van der Waals surface area contributed by atoms with E-state index in [4.69, 9.17) is 13.9 Å². The van der Waals surface area contributed by atoms with E-state index < -0.39 is 31.9 Å². The van der Waals surface area contributed by atoms with Crippen LogP contribution in [0.15, 0.2) is 34.5 Å². The van der Waals surface area contributed by atoms with Crippen molar-refractivity contribution in [3.63, 3.8) is 0 Å². The second-order valence-corrected chi connectivity index (χ2v) is 12.5. The molecule has 0 amide bonds. The van der Waals surface area contributed by atoms with Crippen molar-refractivity contribution >= 4 is 14.6 Å². The third-order valence-electron chi connectivity index (χ3n) is 4.56. The Labute approximate surface area is 160 Å². The smallest absolute Gasteiger partial charge is 0.330 e. The molecule has 2 atom stereocenters. The number of H-pyrrole nitrogens is 1. The number of nitrogens with zero attached hydrogens (tertiary/aromatic N) is 1. The van der Waals surface area contributed by atoms with E-state index in [0.29, 0.717) is 6.29 Å². The second kappa shape index (κ2) is 9.93. The maximum absolute atomic E-state index is 12.2. The van der Waals surface area contributed by atoms with Crippen LogP contribution >= 0.6 is 0 Å². The summed E-state index contributed by atoms with van der Waals surface area (Å²) in [6, 6.07) is 1.22. The Kier molecular flexibility index (Phi) is 8.54. The van der Waals surface area contributed by atoms with E-state index in [1.165, 1.54) is 16.8 Å². The number of rotatable bonds is 11. The molecule has 2 unspecified atom stereocenters. The van der Waals surface area contributed by atoms with Gasteiger partial charge in [-0.1, -0.05) is 26.8 Å². The Morgan fingerprint density at radius 1 is 1.30 bits per heavy atom. The number of nitrogens with one attached hydrogen (secondary N) is 1. The highest BCUT2D eigenvalue weighted by atomic mass is 28.4. The van der Waals surface area contributed by atoms with E-state index in [1.54, 1.807) is 6.08 Å². The van der Waals surface area contributed by atoms with Gasteiger partial charge in [-0.2, -0.15) is 0 Å². The largest absolute Gasteiger partial charge is 0.412 e. The molecule has 0 aliphatic heterocycles. The summed E-state index contributed by atoms with van der Waals surface area (Å²) in [5.41, 5.74) is -1.15. The van der Waals surface area contributed by atoms with Gasteiger partial charge in [-0.3, -0.25) is 14.3 Å². The van der Waals surface area contributed by atoms with Gasteiger partial charge in [0.15, 0.2) is 20.8 Å². The number of carbonyl (C=O) groups excluding carboxylic acids is 1. The number of hydrogen-bond acceptors (Lipinski definition) is 6. The summed E-state index contributed by atoms with van der Waals surface area (Å²) in [4.78, 5) is 37.1. The minimum Gasteiger partial charge on any atom is -0.412 e. The van der Waals surface area contributed by atoms with Crippen molar-refractivity contribution in [2.45, 2.75) is 51.2 Å². The van der Waals surface area contributed by atoms with Crippen molar-refractivity contribution in [1.82, 2.24) is 9.55 Å². The van der Waals surface area contributed by atoms with Gasteiger partial charge in [0.25, 0.3) is 5.56 Å². The minimum atomic E-state index is -2.12. The normalized spacial score (nSPS) is 14.6. The lowest BCUT2D eigenvalue weighted by Crippen LogP contribution is -2.44. The Morgan fingerprint density at radius 3 is 2.48 bits per heavy atom. The lowest BCUT2D eigenvalue weighted by molar-refractivity contribution is -0.137. The SMILES string of the molecule is C=CCOCC(C=O)OC(CO[Si](C)(C)C(C)(C)C)n1ccc(=O)[nH]c1=O. The molecule has 0 fully saturated rings. The topological polar surface area (TPSA) is 99.6 Å². The van der Waals surface area contributed by atoms with E-state index in [9.17, 15) is 14.4 Å². The number of aromatic amines is 1. The van der Waals surface area contributed by atoms with Gasteiger partial charge in [0.2, 0.25) is 0 Å². The molecule has 0 spiro atoms. The number of aromatic nitrogens is 2. The first-order valence-electron chi connectivity index (χ1n) is 8.76. The predicted molar refractivity (Wildman–Crippen MR) is 105 cm³/mol. The first-order chi connectivity index (χ1) is 12.5. The van der Waals surface area contributed by atoms with Crippen LogP contribution in [0.5, 0.6) is 0 Å². The van der Waals surface area contributed by atoms with Crippen molar-refractivity contribution < 1.29 is 18.7 Å². The third-order valence-corrected chi connectivity index (χ3v) is 9.06. The van der Waals surface area contributed by atoms with Crippen LogP contribution in [0.2, 0.25) is 18.1 Å². The summed E-state index contributed by atoms with van der Waals surface area (Å²) < 4.78 is 18.4. The van der Waals surface area contributed by atoms with Crippen molar-refractivity contribution in [3.8, 4) is 0 Å². The van der Waals surface area contributed by atoms with E-state index in [0.717, 1.165) is 0 Å². The van der Waals surface area contributed by atoms with Crippen molar-refractivity contribution in [3.05, 3.63) is 45.8 Å². The van der Waals surface area contributed by atoms with E-state index in [1.807, 2.05) is 0 Å². The molecule has 152 valence electrons. The standard InChI is InChI=1S/C18H30N2O6Si/c1-7-10-24-12-14(11-21)26-16(13-25-27(5,6)18(2,3)4)20-9-8-15(22)19-17(20)23/h7-9,11,14,16H,1,10,12-13H2,2-6H3,(H,19,22,23). The Morgan fingerprint density at radius 2 is 1.96 bits per heavy atom. The molecule has 0 bridgehead atoms. The van der Waals surface area contributed by atoms with Crippen LogP contribution in [0, 0.1) is 0 Å². The van der Waals surface area contributed by atoms with Gasteiger partial charge in [-0.05, 0) is 18.1 Å². The molecule has 0 aromatic carbocycles. The van der Waals surface area contributed by atoms with Crippen LogP contribution in [0.25, 0.3) is 0 Å². The molecular weight excluding hydrogens is 368 g/mol. The number of hydrogen-bond donors (Lipinski definition) is 1. The number of aldehydes is 1. The summed E-state index contributed by atoms with van der Waals surface area (Å²) in [6.45, 7) is 14.3. The molecule has 0 saturated carbocycles. The molecule has 0 saturated heterocycles. The van der Waals surface area contributed by atoms with E-state index >= 15 is 0 Å². The Bertz CT molecular complexity index is 734. The van der Waals surface area contributed by atoms with Crippen LogP contribution in [0.1, 0.15) is 27.0 Å². The van der Waals surface area contributed by atoms with Crippen molar-refractivity contribution in [1.29, 1.82) is 0 Å². The summed E-state index contributed by atoms with van der Waals surface area (Å²) in [5, 5.41) is -0.0371. The fourth-order valence-electron chi connectivity index (χ4n) is 1.92. The highest BCUT2D eigenvalue weighted by Crippen LogP contribution is 2.37. The monoisotopic (exact) mass is 398 g/mol. The number of ether oxygens (including phenoxy) is 2. The Balaban J connectivity index is 3.05. The zero-order chi connectivity index (χ0) is 20.7. The molecule has 0 aliphatic rings. The van der Waals surface area contributed by atoms with Gasteiger partial charge < -0.3 is 18.7 Å². The average Bonchev–Trinajstić information content (AvgIpc) is 2.56. The molecule has 0 aliphatic carbocycles. The van der Waals surface area contributed by atoms with Crippen LogP contribution in [-0.4, -0.2) is 50.1 Å². The van der Waals surface area contributed by atoms with Crippen molar-refractivity contribution in [2.24, 2.45) is 0 Å². The van der Waals surface area contributed by atoms with Gasteiger partial charge >= 0.3 is 5.69 Å². The summed E-state index contributed by atoms with van der Waals surface area (Å²) in [6.07, 6.45) is 1.72. The predicted octanol–water partition coefficient (Wildman–Crippen LogP) is 1.84. The van der Waals surface area contributed by atoms with E-state index in [2.05, 4.69) is 45.4 Å². The van der Waals surface area contributed by atoms with Gasteiger partial charge in [0, 0.05) is 12.3 Å². The van der Waals surface area contributed by atoms with Gasteiger partial charge in [-0.25, -0.2) is 4.79 Å². The summed E-state index contributed by atoms with van der Waals surface area (Å²) >= 11 is 0. The summed E-state index contributed by atoms with van der Waals surface area (Å²) in [7, 11) is -2.12. The molecule has 1 N–H and O–H groups in total. The van der Waals surface area contributed by atoms with Crippen LogP contribution < -0.4 is 11.2 Å². The molecular formula is C18H30N2O6Si. The highest BCUT2D eigenvalue weighted by molar-refractivity contribution is 6.74. The lowest BCUT2D eigenvalue weighted by Gasteiger charge is -2.37. The van der Waals surface area contributed by atoms with Crippen LogP contribution in [0.4, 0.5) is 0 Å². The average molecular weight is 399 g/mol. The number of carbonyl (C=O) groups is 1. The van der Waals surface area contributed by atoms with E-state index in [-0.39, 0.29) is 24.9 Å². The molecule has 9 heteroatoms. The zero-order valence-electron chi connectivity index (χ0n) is 16.7. The van der Waals surface area contributed by atoms with Gasteiger partial charge in [-0.15, -0.1) is 6.58 Å². The maximum atomic E-state index is 12.2. The quantitative estimate of drug-likeness (QED) is 0.264. The molecule has 1 aromatic heterocycles. The Hall–Kier alpha value is -1.81. The molecule has 0 radical (unpaired) electrons. The molecule has 1 heterocycles. The van der Waals surface area contributed by atoms with Crippen molar-refractivity contribution in [2.75, 3.05) is 19.8 Å². The van der Waals surface area contributed by atoms with Gasteiger partial charge in [0.05, 0.1) is 19.8 Å². The minimum absolute atomic E-state index is 0.0181. The van der Waals surface area contributed by atoms with Gasteiger partial charge in [0.1, 0.15) is 6.10 Å². The first-order valence-corrected chi connectivity index (χ1v) is 11.7. The van der Waals surface area contributed by atoms with Crippen LogP contribution in [0.3, 0.4) is 0 Å². The fraction of sp³-hybridized carbons (Fsp3) is 0.611. The molecule has 27 heavy (non-hydrogen) atoms. The summed E-state index contributed by atoms with van der Waals surface area (Å²) in [5.74, 6) is 0. The fourth-order valence-corrected chi connectivity index (χ4v) is 2.91. The maximum Gasteiger partial charge on any atom is 0.330 e. The highest BCUT2D eigenvalue weighted by Gasteiger charge is 2.38. The first kappa shape index (κ1) is 23.2. The van der Waals surface area contributed by atoms with Crippen LogP contribution in [-0.2, 0) is 18.7 Å². The zero-order valence-corrected chi connectivity index (χ0v) is 17.7. The lowest BCUT2D eigenvalue weighted by atomic mass is 10.2. The second-order valence-electron chi connectivity index (χ2n) is 7.68. The molecule has 8 nitrogen and oxygen atoms in total. The molecule has 1 rings (SSSR count).